The number of aromatic nitrogens is 1. The third-order valence-electron chi connectivity index (χ3n) is 2.47. The van der Waals surface area contributed by atoms with Crippen molar-refractivity contribution in [2.24, 2.45) is 0 Å². The van der Waals surface area contributed by atoms with Crippen molar-refractivity contribution in [3.8, 4) is 6.07 Å². The van der Waals surface area contributed by atoms with Crippen LogP contribution < -0.4 is 5.32 Å². The van der Waals surface area contributed by atoms with Crippen molar-refractivity contribution in [3.63, 3.8) is 0 Å². The molecule has 0 radical (unpaired) electrons. The first-order chi connectivity index (χ1) is 7.72. The third-order valence-corrected chi connectivity index (χ3v) is 2.47. The van der Waals surface area contributed by atoms with Crippen LogP contribution in [0.25, 0.3) is 5.57 Å². The van der Waals surface area contributed by atoms with Crippen LogP contribution >= 0.6 is 0 Å². The third kappa shape index (κ3) is 1.81. The Labute approximate surface area is 93.6 Å². The van der Waals surface area contributed by atoms with Crippen LogP contribution in [0, 0.1) is 11.3 Å². The predicted molar refractivity (Wildman–Crippen MR) is 59.7 cm³/mol. The Kier molecular flexibility index (Phi) is 2.71. The van der Waals surface area contributed by atoms with Gasteiger partial charge in [0.25, 0.3) is 0 Å². The number of allylic oxidation sites excluding steroid dienone is 3. The van der Waals surface area contributed by atoms with E-state index in [-0.39, 0.29) is 0 Å². The Balaban J connectivity index is 2.47. The summed E-state index contributed by atoms with van der Waals surface area (Å²) in [6, 6.07) is 5.70. The fourth-order valence-electron chi connectivity index (χ4n) is 1.63. The molecule has 4 nitrogen and oxygen atoms in total. The molecule has 0 aliphatic carbocycles. The molecule has 1 aromatic rings. The van der Waals surface area contributed by atoms with Crippen LogP contribution in [0.1, 0.15) is 12.5 Å². The Hall–Kier alpha value is -2.12. The monoisotopic (exact) mass is 213 g/mol. The molecule has 4 heteroatoms. The van der Waals surface area contributed by atoms with Gasteiger partial charge in [-0.25, -0.2) is 0 Å². The van der Waals surface area contributed by atoms with Gasteiger partial charge in [0.2, 0.25) is 0 Å². The molecule has 1 aromatic heterocycles. The second-order valence-corrected chi connectivity index (χ2v) is 3.53. The molecule has 0 aromatic carbocycles. The lowest BCUT2D eigenvalue weighted by molar-refractivity contribution is 0.188. The maximum atomic E-state index is 9.56. The largest absolute Gasteiger partial charge is 0.369 e. The molecule has 1 aliphatic heterocycles. The standard InChI is InChI=1S/C12H11N3O/c1-8-11(9-2-4-14-5-3-9)6-10(7-13)12(16)15-8/h2-6,12,15-16H,1H3. The van der Waals surface area contributed by atoms with Gasteiger partial charge in [-0.05, 0) is 30.7 Å². The summed E-state index contributed by atoms with van der Waals surface area (Å²) in [5, 5.41) is 21.3. The molecule has 0 bridgehead atoms. The molecule has 1 aliphatic rings. The summed E-state index contributed by atoms with van der Waals surface area (Å²) in [6.45, 7) is 1.86. The van der Waals surface area contributed by atoms with Crippen LogP contribution in [0.3, 0.4) is 0 Å². The number of pyridine rings is 1. The lowest BCUT2D eigenvalue weighted by Gasteiger charge is -2.21. The lowest BCUT2D eigenvalue weighted by Crippen LogP contribution is -2.31. The normalized spacial score (nSPS) is 19.8. The number of hydrogen-bond acceptors (Lipinski definition) is 4. The average molecular weight is 213 g/mol. The van der Waals surface area contributed by atoms with Gasteiger partial charge < -0.3 is 10.4 Å². The van der Waals surface area contributed by atoms with Gasteiger partial charge in [0.1, 0.15) is 0 Å². The number of aliphatic hydroxyl groups is 1. The van der Waals surface area contributed by atoms with Crippen molar-refractivity contribution >= 4 is 5.57 Å². The van der Waals surface area contributed by atoms with Crippen LogP contribution in [0.15, 0.2) is 41.9 Å². The lowest BCUT2D eigenvalue weighted by atomic mass is 9.99. The van der Waals surface area contributed by atoms with Crippen LogP contribution in [-0.2, 0) is 0 Å². The number of aliphatic hydroxyl groups excluding tert-OH is 1. The Morgan fingerprint density at radius 3 is 2.75 bits per heavy atom. The van der Waals surface area contributed by atoms with E-state index >= 15 is 0 Å². The first kappa shape index (κ1) is 10.4. The van der Waals surface area contributed by atoms with Crippen molar-refractivity contribution in [1.82, 2.24) is 10.3 Å². The first-order valence-electron chi connectivity index (χ1n) is 4.90. The highest BCUT2D eigenvalue weighted by molar-refractivity contribution is 5.78. The molecule has 16 heavy (non-hydrogen) atoms. The van der Waals surface area contributed by atoms with Crippen LogP contribution in [-0.4, -0.2) is 16.3 Å². The molecule has 2 N–H and O–H groups in total. The van der Waals surface area contributed by atoms with Crippen molar-refractivity contribution in [1.29, 1.82) is 5.26 Å². The summed E-state index contributed by atoms with van der Waals surface area (Å²) in [5.41, 5.74) is 3.04. The van der Waals surface area contributed by atoms with Crippen molar-refractivity contribution in [2.45, 2.75) is 13.2 Å². The van der Waals surface area contributed by atoms with Crippen molar-refractivity contribution in [3.05, 3.63) is 47.4 Å². The summed E-state index contributed by atoms with van der Waals surface area (Å²) in [4.78, 5) is 3.94. The van der Waals surface area contributed by atoms with Crippen LogP contribution in [0.5, 0.6) is 0 Å². The first-order valence-corrected chi connectivity index (χ1v) is 4.90. The molecular weight excluding hydrogens is 202 g/mol. The second-order valence-electron chi connectivity index (χ2n) is 3.53. The molecule has 0 spiro atoms. The zero-order valence-electron chi connectivity index (χ0n) is 8.81. The van der Waals surface area contributed by atoms with E-state index in [0.29, 0.717) is 5.57 Å². The zero-order chi connectivity index (χ0) is 11.5. The molecule has 1 unspecified atom stereocenters. The molecule has 1 atom stereocenters. The van der Waals surface area contributed by atoms with Gasteiger partial charge in [-0.2, -0.15) is 5.26 Å². The summed E-state index contributed by atoms with van der Waals surface area (Å²) in [5.74, 6) is 0. The summed E-state index contributed by atoms with van der Waals surface area (Å²) >= 11 is 0. The molecular formula is C12H11N3O. The van der Waals surface area contributed by atoms with Crippen molar-refractivity contribution in [2.75, 3.05) is 0 Å². The molecule has 0 saturated heterocycles. The average Bonchev–Trinajstić information content (AvgIpc) is 2.30. The Morgan fingerprint density at radius 2 is 2.12 bits per heavy atom. The summed E-state index contributed by atoms with van der Waals surface area (Å²) in [6.07, 6.45) is 4.18. The number of hydrogen-bond donors (Lipinski definition) is 2. The predicted octanol–water partition coefficient (Wildman–Crippen LogP) is 1.18. The van der Waals surface area contributed by atoms with Crippen molar-refractivity contribution < 1.29 is 5.11 Å². The van der Waals surface area contributed by atoms with E-state index in [4.69, 9.17) is 5.26 Å². The van der Waals surface area contributed by atoms with E-state index in [1.807, 2.05) is 25.1 Å². The quantitative estimate of drug-likeness (QED) is 0.735. The summed E-state index contributed by atoms with van der Waals surface area (Å²) < 4.78 is 0. The van der Waals surface area contributed by atoms with Gasteiger partial charge in [0.15, 0.2) is 6.23 Å². The van der Waals surface area contributed by atoms with Gasteiger partial charge in [-0.1, -0.05) is 0 Å². The summed E-state index contributed by atoms with van der Waals surface area (Å²) in [7, 11) is 0. The molecule has 0 fully saturated rings. The maximum absolute atomic E-state index is 9.56. The molecule has 0 amide bonds. The fraction of sp³-hybridized carbons (Fsp3) is 0.167. The SMILES string of the molecule is CC1=C(c2ccncc2)C=C(C#N)C(O)N1. The van der Waals surface area contributed by atoms with E-state index in [1.54, 1.807) is 18.5 Å². The van der Waals surface area contributed by atoms with Gasteiger partial charge in [-0.15, -0.1) is 0 Å². The number of rotatable bonds is 1. The molecule has 80 valence electrons. The molecule has 2 rings (SSSR count). The Bertz CT molecular complexity index is 497. The number of dihydropyridines is 1. The minimum absolute atomic E-state index is 0.317. The van der Waals surface area contributed by atoms with Gasteiger partial charge in [0.05, 0.1) is 11.6 Å². The van der Waals surface area contributed by atoms with E-state index < -0.39 is 6.23 Å². The number of nitriles is 1. The van der Waals surface area contributed by atoms with Crippen LogP contribution in [0.4, 0.5) is 0 Å². The highest BCUT2D eigenvalue weighted by atomic mass is 16.3. The number of nitrogens with one attached hydrogen (secondary N) is 1. The van der Waals surface area contributed by atoms with Crippen LogP contribution in [0.2, 0.25) is 0 Å². The minimum atomic E-state index is -0.907. The fourth-order valence-corrected chi connectivity index (χ4v) is 1.63. The van der Waals surface area contributed by atoms with Gasteiger partial charge in [0, 0.05) is 23.7 Å². The zero-order valence-corrected chi connectivity index (χ0v) is 8.81. The topological polar surface area (TPSA) is 68.9 Å². The minimum Gasteiger partial charge on any atom is -0.369 e. The second kappa shape index (κ2) is 4.17. The molecule has 2 heterocycles. The highest BCUT2D eigenvalue weighted by Crippen LogP contribution is 2.24. The molecule has 0 saturated carbocycles. The Morgan fingerprint density at radius 1 is 1.44 bits per heavy atom. The smallest absolute Gasteiger partial charge is 0.160 e. The van der Waals surface area contributed by atoms with E-state index in [2.05, 4.69) is 10.3 Å². The van der Waals surface area contributed by atoms with Gasteiger partial charge in [-0.3, -0.25) is 4.98 Å². The van der Waals surface area contributed by atoms with Gasteiger partial charge >= 0.3 is 0 Å². The maximum Gasteiger partial charge on any atom is 0.160 e. The van der Waals surface area contributed by atoms with E-state index in [9.17, 15) is 5.11 Å². The van der Waals surface area contributed by atoms with E-state index in [1.165, 1.54) is 0 Å². The van der Waals surface area contributed by atoms with E-state index in [0.717, 1.165) is 16.8 Å². The highest BCUT2D eigenvalue weighted by Gasteiger charge is 2.18. The number of nitrogens with zero attached hydrogens (tertiary/aromatic N) is 2.